The van der Waals surface area contributed by atoms with Crippen LogP contribution in [0.3, 0.4) is 0 Å². The molecule has 0 aromatic heterocycles. The van der Waals surface area contributed by atoms with E-state index in [1.807, 2.05) is 0 Å². The number of halogens is 1. The van der Waals surface area contributed by atoms with Crippen LogP contribution in [0.1, 0.15) is 13.8 Å². The van der Waals surface area contributed by atoms with Crippen molar-refractivity contribution in [1.82, 2.24) is 0 Å². The molecule has 1 saturated heterocycles. The lowest BCUT2D eigenvalue weighted by Crippen LogP contribution is -2.32. The minimum Gasteiger partial charge on any atom is -0.280 e. The minimum absolute atomic E-state index is 0.0753. The zero-order valence-corrected chi connectivity index (χ0v) is 16.1. The fourth-order valence-electron chi connectivity index (χ4n) is 2.75. The van der Waals surface area contributed by atoms with Gasteiger partial charge in [-0.05, 0) is 62.4 Å². The summed E-state index contributed by atoms with van der Waals surface area (Å²) in [7, 11) is -7.77. The second kappa shape index (κ2) is 6.31. The average Bonchev–Trinajstić information content (AvgIpc) is 2.73. The van der Waals surface area contributed by atoms with Crippen molar-refractivity contribution in [3.63, 3.8) is 0 Å². The van der Waals surface area contributed by atoms with E-state index >= 15 is 0 Å². The lowest BCUT2D eigenvalue weighted by Gasteiger charge is -2.17. The van der Waals surface area contributed by atoms with Gasteiger partial charge >= 0.3 is 0 Å². The number of carbonyl (C=O) groups excluding carboxylic acids is 1. The van der Waals surface area contributed by atoms with E-state index < -0.39 is 37.2 Å². The first-order valence-electron chi connectivity index (χ1n) is 7.88. The molecule has 2 aromatic rings. The monoisotopic (exact) mass is 412 g/mol. The molecule has 0 saturated carbocycles. The molecule has 0 unspecified atom stereocenters. The molecular weight excluding hydrogens is 395 g/mol. The summed E-state index contributed by atoms with van der Waals surface area (Å²) in [6.45, 7) is 3.08. The maximum Gasteiger partial charge on any atom is 0.261 e. The van der Waals surface area contributed by atoms with Gasteiger partial charge in [-0.15, -0.1) is 0 Å². The normalized spacial score (nSPS) is 18.5. The summed E-state index contributed by atoms with van der Waals surface area (Å²) in [5.41, 5.74) is -0.792. The van der Waals surface area contributed by atoms with Gasteiger partial charge in [-0.2, -0.15) is 0 Å². The smallest absolute Gasteiger partial charge is 0.261 e. The maximum atomic E-state index is 12.9. The zero-order valence-electron chi connectivity index (χ0n) is 14.5. The molecular formula is C17H17FN2O5S2. The lowest BCUT2D eigenvalue weighted by atomic mass is 9.95. The van der Waals surface area contributed by atoms with Gasteiger partial charge in [0.05, 0.1) is 21.8 Å². The van der Waals surface area contributed by atoms with Crippen LogP contribution in [-0.2, 0) is 24.8 Å². The highest BCUT2D eigenvalue weighted by Crippen LogP contribution is 2.36. The van der Waals surface area contributed by atoms with Crippen molar-refractivity contribution >= 4 is 37.3 Å². The molecule has 1 aliphatic rings. The number of hydrogen-bond acceptors (Lipinski definition) is 5. The Morgan fingerprint density at radius 1 is 1.04 bits per heavy atom. The molecule has 1 fully saturated rings. The van der Waals surface area contributed by atoms with Gasteiger partial charge in [-0.1, -0.05) is 0 Å². The minimum atomic E-state index is -3.96. The fourth-order valence-corrected chi connectivity index (χ4v) is 5.92. The van der Waals surface area contributed by atoms with E-state index in [1.165, 1.54) is 36.4 Å². The highest BCUT2D eigenvalue weighted by molar-refractivity contribution is 7.94. The number of amides is 1. The van der Waals surface area contributed by atoms with Gasteiger partial charge in [0.1, 0.15) is 5.82 Å². The van der Waals surface area contributed by atoms with Crippen LogP contribution >= 0.6 is 0 Å². The van der Waals surface area contributed by atoms with Crippen LogP contribution in [0.2, 0.25) is 0 Å². The van der Waals surface area contributed by atoms with Gasteiger partial charge in [0.25, 0.3) is 10.0 Å². The summed E-state index contributed by atoms with van der Waals surface area (Å²) >= 11 is 0. The lowest BCUT2D eigenvalue weighted by molar-refractivity contribution is -0.123. The number of benzene rings is 2. The summed E-state index contributed by atoms with van der Waals surface area (Å²) in [4.78, 5) is 12.3. The molecule has 0 atom stereocenters. The molecule has 144 valence electrons. The highest BCUT2D eigenvalue weighted by atomic mass is 32.2. The van der Waals surface area contributed by atoms with Gasteiger partial charge in [-0.25, -0.2) is 25.5 Å². The molecule has 27 heavy (non-hydrogen) atoms. The van der Waals surface area contributed by atoms with E-state index in [-0.39, 0.29) is 22.0 Å². The van der Waals surface area contributed by atoms with Crippen molar-refractivity contribution in [2.45, 2.75) is 18.7 Å². The van der Waals surface area contributed by atoms with Crippen LogP contribution < -0.4 is 9.03 Å². The summed E-state index contributed by atoms with van der Waals surface area (Å²) in [5, 5.41) is 0. The average molecular weight is 412 g/mol. The van der Waals surface area contributed by atoms with E-state index in [0.29, 0.717) is 4.31 Å². The van der Waals surface area contributed by atoms with Gasteiger partial charge in [0, 0.05) is 5.69 Å². The third kappa shape index (κ3) is 3.67. The van der Waals surface area contributed by atoms with E-state index in [2.05, 4.69) is 4.72 Å². The van der Waals surface area contributed by atoms with Gasteiger partial charge in [0.15, 0.2) is 0 Å². The molecule has 0 radical (unpaired) electrons. The first kappa shape index (κ1) is 19.3. The van der Waals surface area contributed by atoms with Gasteiger partial charge in [-0.3, -0.25) is 9.52 Å². The Bertz CT molecular complexity index is 1090. The van der Waals surface area contributed by atoms with Crippen LogP contribution in [0.15, 0.2) is 53.4 Å². The summed E-state index contributed by atoms with van der Waals surface area (Å²) in [6.07, 6.45) is 0. The molecule has 1 N–H and O–H groups in total. The second-order valence-electron chi connectivity index (χ2n) is 6.82. The number of sulfonamides is 2. The van der Waals surface area contributed by atoms with Crippen molar-refractivity contribution in [2.24, 2.45) is 5.41 Å². The predicted octanol–water partition coefficient (Wildman–Crippen LogP) is 2.33. The zero-order chi connectivity index (χ0) is 20.0. The Kier molecular flexibility index (Phi) is 4.51. The number of nitrogens with one attached hydrogen (secondary N) is 1. The van der Waals surface area contributed by atoms with Crippen molar-refractivity contribution < 1.29 is 26.0 Å². The summed E-state index contributed by atoms with van der Waals surface area (Å²) in [6, 6.07) is 9.72. The van der Waals surface area contributed by atoms with Gasteiger partial charge < -0.3 is 0 Å². The van der Waals surface area contributed by atoms with Crippen LogP contribution in [0.25, 0.3) is 0 Å². The van der Waals surface area contributed by atoms with Gasteiger partial charge in [0.2, 0.25) is 15.9 Å². The first-order valence-corrected chi connectivity index (χ1v) is 11.0. The van der Waals surface area contributed by atoms with Crippen LogP contribution in [0.5, 0.6) is 0 Å². The first-order chi connectivity index (χ1) is 12.4. The fraction of sp³-hybridized carbons (Fsp3) is 0.235. The largest absolute Gasteiger partial charge is 0.280 e. The van der Waals surface area contributed by atoms with Crippen LogP contribution in [0, 0.1) is 11.2 Å². The molecule has 0 spiro atoms. The maximum absolute atomic E-state index is 12.9. The summed E-state index contributed by atoms with van der Waals surface area (Å²) < 4.78 is 65.3. The number of rotatable bonds is 4. The molecule has 1 aliphatic heterocycles. The molecule has 0 bridgehead atoms. The molecule has 1 heterocycles. The van der Waals surface area contributed by atoms with E-state index in [9.17, 15) is 26.0 Å². The molecule has 3 rings (SSSR count). The number of hydrogen-bond donors (Lipinski definition) is 1. The van der Waals surface area contributed by atoms with Crippen LogP contribution in [0.4, 0.5) is 15.8 Å². The van der Waals surface area contributed by atoms with Crippen molar-refractivity contribution in [1.29, 1.82) is 0 Å². The van der Waals surface area contributed by atoms with Crippen molar-refractivity contribution in [2.75, 3.05) is 14.8 Å². The Labute approximate surface area is 156 Å². The van der Waals surface area contributed by atoms with E-state index in [4.69, 9.17) is 0 Å². The molecule has 2 aromatic carbocycles. The highest BCUT2D eigenvalue weighted by Gasteiger charge is 2.49. The molecule has 1 amide bonds. The summed E-state index contributed by atoms with van der Waals surface area (Å²) in [5.74, 6) is -1.38. The second-order valence-corrected chi connectivity index (χ2v) is 10.3. The van der Waals surface area contributed by atoms with Crippen LogP contribution in [-0.4, -0.2) is 28.5 Å². The Balaban J connectivity index is 1.89. The SMILES string of the molecule is CC1(C)CS(=O)(=O)N(c2ccc(S(=O)(=O)Nc3ccc(F)cc3)cc2)C1=O. The molecule has 0 aliphatic carbocycles. The number of nitrogens with zero attached hydrogens (tertiary/aromatic N) is 1. The quantitative estimate of drug-likeness (QED) is 0.831. The topological polar surface area (TPSA) is 101 Å². The Hall–Kier alpha value is -2.46. The standard InChI is InChI=1S/C17H17FN2O5S2/c1-17(2)11-26(22,23)20(16(17)21)14-7-9-15(10-8-14)27(24,25)19-13-5-3-12(18)4-6-13/h3-10,19H,11H2,1-2H3. The molecule has 7 nitrogen and oxygen atoms in total. The van der Waals surface area contributed by atoms with E-state index in [0.717, 1.165) is 12.1 Å². The van der Waals surface area contributed by atoms with Crippen molar-refractivity contribution in [3.05, 3.63) is 54.3 Å². The third-order valence-electron chi connectivity index (χ3n) is 4.06. The number of anilines is 2. The van der Waals surface area contributed by atoms with E-state index in [1.54, 1.807) is 13.8 Å². The number of carbonyl (C=O) groups is 1. The predicted molar refractivity (Wildman–Crippen MR) is 98.7 cm³/mol. The van der Waals surface area contributed by atoms with Crippen molar-refractivity contribution in [3.8, 4) is 0 Å². The Morgan fingerprint density at radius 3 is 2.07 bits per heavy atom. The molecule has 10 heteroatoms. The Morgan fingerprint density at radius 2 is 1.59 bits per heavy atom. The third-order valence-corrected chi connectivity index (χ3v) is 7.48.